The summed E-state index contributed by atoms with van der Waals surface area (Å²) in [5, 5.41) is 4.35. The first-order valence-electron chi connectivity index (χ1n) is 9.37. The maximum absolute atomic E-state index is 13.0. The summed E-state index contributed by atoms with van der Waals surface area (Å²) < 4.78 is 18.0. The average Bonchev–Trinajstić information content (AvgIpc) is 2.97. The van der Waals surface area contributed by atoms with Gasteiger partial charge in [-0.2, -0.15) is 5.10 Å². The minimum absolute atomic E-state index is 0.149. The molecule has 30 heavy (non-hydrogen) atoms. The second-order valence-corrected chi connectivity index (χ2v) is 8.55. The molecule has 0 fully saturated rings. The van der Waals surface area contributed by atoms with Gasteiger partial charge in [-0.25, -0.2) is 15.0 Å². The lowest BCUT2D eigenvalue weighted by molar-refractivity contribution is 0.0529. The van der Waals surface area contributed by atoms with E-state index in [1.807, 2.05) is 0 Å². The fraction of sp³-hybridized carbons (Fsp3) is 0.579. The number of nitrogens with zero attached hydrogens (tertiary/aromatic N) is 3. The number of carbonyl (C=O) groups excluding carboxylic acids is 1. The lowest BCUT2D eigenvalue weighted by Crippen LogP contribution is -2.41. The monoisotopic (exact) mass is 440 g/mol. The molecule has 0 bridgehead atoms. The molecule has 2 heterocycles. The van der Waals surface area contributed by atoms with Crippen LogP contribution >= 0.6 is 11.3 Å². The Labute approximate surface area is 178 Å². The molecule has 0 unspecified atom stereocenters. The van der Waals surface area contributed by atoms with Crippen LogP contribution < -0.4 is 16.7 Å². The van der Waals surface area contributed by atoms with Gasteiger partial charge in [0.25, 0.3) is 5.56 Å². The van der Waals surface area contributed by atoms with Crippen molar-refractivity contribution < 1.29 is 19.0 Å². The number of carbonyl (C=O) groups is 1. The predicted molar refractivity (Wildman–Crippen MR) is 116 cm³/mol. The fourth-order valence-electron chi connectivity index (χ4n) is 2.74. The van der Waals surface area contributed by atoms with Crippen molar-refractivity contribution in [3.8, 4) is 0 Å². The highest BCUT2D eigenvalue weighted by Gasteiger charge is 2.20. The molecule has 2 rings (SSSR count). The number of ether oxygens (including phenoxy) is 3. The SMILES string of the molecule is COCCn1c(=O)c2c(C)c(/C=N/NC(=O)OC(C)(C)C)sc2n(CCOC)c1=O. The molecular weight excluding hydrogens is 412 g/mol. The van der Waals surface area contributed by atoms with Crippen LogP contribution in [0.25, 0.3) is 10.2 Å². The van der Waals surface area contributed by atoms with Crippen LogP contribution in [0.1, 0.15) is 31.2 Å². The first-order chi connectivity index (χ1) is 14.1. The van der Waals surface area contributed by atoms with Crippen molar-refractivity contribution in [2.24, 2.45) is 5.10 Å². The molecule has 10 nitrogen and oxygen atoms in total. The summed E-state index contributed by atoms with van der Waals surface area (Å²) in [6, 6.07) is 0. The van der Waals surface area contributed by atoms with Crippen LogP contribution in [-0.4, -0.2) is 54.5 Å². The first-order valence-corrected chi connectivity index (χ1v) is 10.2. The third-order valence-electron chi connectivity index (χ3n) is 4.11. The topological polar surface area (TPSA) is 113 Å². The molecule has 0 aliphatic carbocycles. The minimum atomic E-state index is -0.684. The van der Waals surface area contributed by atoms with Crippen LogP contribution in [0.4, 0.5) is 4.79 Å². The summed E-state index contributed by atoms with van der Waals surface area (Å²) in [5.41, 5.74) is 1.53. The van der Waals surface area contributed by atoms with E-state index in [-0.39, 0.29) is 18.7 Å². The van der Waals surface area contributed by atoms with E-state index in [0.717, 1.165) is 0 Å². The van der Waals surface area contributed by atoms with E-state index in [2.05, 4.69) is 10.5 Å². The molecule has 0 radical (unpaired) electrons. The van der Waals surface area contributed by atoms with Gasteiger partial charge in [0.05, 0.1) is 42.8 Å². The van der Waals surface area contributed by atoms with Crippen LogP contribution in [0.3, 0.4) is 0 Å². The molecule has 0 saturated carbocycles. The Morgan fingerprint density at radius 2 is 1.73 bits per heavy atom. The summed E-state index contributed by atoms with van der Waals surface area (Å²) in [4.78, 5) is 38.8. The zero-order chi connectivity index (χ0) is 22.5. The Balaban J connectivity index is 2.49. The van der Waals surface area contributed by atoms with Crippen LogP contribution in [-0.2, 0) is 27.3 Å². The zero-order valence-corrected chi connectivity index (χ0v) is 18.9. The number of thiophene rings is 1. The van der Waals surface area contributed by atoms with Crippen molar-refractivity contribution in [3.63, 3.8) is 0 Å². The number of aromatic nitrogens is 2. The largest absolute Gasteiger partial charge is 0.443 e. The second kappa shape index (κ2) is 10.0. The van der Waals surface area contributed by atoms with Gasteiger partial charge in [0, 0.05) is 14.2 Å². The third kappa shape index (κ3) is 5.55. The Hall–Kier alpha value is -2.50. The Morgan fingerprint density at radius 3 is 2.30 bits per heavy atom. The molecule has 2 aromatic heterocycles. The highest BCUT2D eigenvalue weighted by atomic mass is 32.1. The summed E-state index contributed by atoms with van der Waals surface area (Å²) >= 11 is 1.25. The molecule has 11 heteroatoms. The third-order valence-corrected chi connectivity index (χ3v) is 5.36. The molecule has 0 aliphatic rings. The summed E-state index contributed by atoms with van der Waals surface area (Å²) in [6.07, 6.45) is 0.755. The second-order valence-electron chi connectivity index (χ2n) is 7.52. The van der Waals surface area contributed by atoms with Gasteiger partial charge in [-0.15, -0.1) is 11.3 Å². The fourth-order valence-corrected chi connectivity index (χ4v) is 3.93. The van der Waals surface area contributed by atoms with Gasteiger partial charge in [0.2, 0.25) is 0 Å². The van der Waals surface area contributed by atoms with E-state index in [1.165, 1.54) is 33.8 Å². The van der Waals surface area contributed by atoms with Gasteiger partial charge in [-0.1, -0.05) is 0 Å². The Morgan fingerprint density at radius 1 is 1.13 bits per heavy atom. The number of rotatable bonds is 8. The number of nitrogens with one attached hydrogen (secondary N) is 1. The van der Waals surface area contributed by atoms with Crippen LogP contribution in [0.15, 0.2) is 14.7 Å². The van der Waals surface area contributed by atoms with E-state index in [0.29, 0.717) is 33.8 Å². The molecule has 1 N–H and O–H groups in total. The molecule has 0 atom stereocenters. The molecular formula is C19H28N4O6S. The van der Waals surface area contributed by atoms with E-state index >= 15 is 0 Å². The molecule has 0 aliphatic heterocycles. The summed E-state index contributed by atoms with van der Waals surface area (Å²) in [6.45, 7) is 8.03. The molecule has 2 aromatic rings. The Kier molecular flexibility index (Phi) is 7.93. The highest BCUT2D eigenvalue weighted by Crippen LogP contribution is 2.26. The van der Waals surface area contributed by atoms with Crippen molar-refractivity contribution in [2.75, 3.05) is 27.4 Å². The number of hydrazone groups is 1. The number of amides is 1. The Bertz CT molecular complexity index is 1040. The van der Waals surface area contributed by atoms with Crippen molar-refractivity contribution in [1.82, 2.24) is 14.6 Å². The highest BCUT2D eigenvalue weighted by molar-refractivity contribution is 7.20. The van der Waals surface area contributed by atoms with Crippen LogP contribution in [0.5, 0.6) is 0 Å². The standard InChI is InChI=1S/C19H28N4O6S/c1-12-13(11-20-21-17(25)29-19(2,3)4)30-16-14(12)15(24)22(7-9-27-5)18(26)23(16)8-10-28-6/h11H,7-10H2,1-6H3,(H,21,25)/b20-11+. The van der Waals surface area contributed by atoms with Gasteiger partial charge >= 0.3 is 11.8 Å². The van der Waals surface area contributed by atoms with E-state index < -0.39 is 17.4 Å². The minimum Gasteiger partial charge on any atom is -0.443 e. The normalized spacial score (nSPS) is 12.1. The maximum Gasteiger partial charge on any atom is 0.428 e. The van der Waals surface area contributed by atoms with E-state index in [9.17, 15) is 14.4 Å². The van der Waals surface area contributed by atoms with Gasteiger partial charge in [-0.05, 0) is 33.3 Å². The van der Waals surface area contributed by atoms with Crippen LogP contribution in [0.2, 0.25) is 0 Å². The van der Waals surface area contributed by atoms with Gasteiger partial charge in [-0.3, -0.25) is 13.9 Å². The number of aryl methyl sites for hydroxylation is 1. The number of methoxy groups -OCH3 is 2. The maximum atomic E-state index is 13.0. The van der Waals surface area contributed by atoms with Crippen molar-refractivity contribution in [2.45, 2.75) is 46.4 Å². The quantitative estimate of drug-likeness (QED) is 0.494. The summed E-state index contributed by atoms with van der Waals surface area (Å²) in [5.74, 6) is 0. The molecule has 0 aromatic carbocycles. The van der Waals surface area contributed by atoms with Crippen molar-refractivity contribution in [1.29, 1.82) is 0 Å². The van der Waals surface area contributed by atoms with E-state index in [4.69, 9.17) is 14.2 Å². The molecule has 1 amide bonds. The molecule has 166 valence electrons. The lowest BCUT2D eigenvalue weighted by Gasteiger charge is -2.18. The van der Waals surface area contributed by atoms with Crippen molar-refractivity contribution in [3.05, 3.63) is 31.3 Å². The van der Waals surface area contributed by atoms with Gasteiger partial charge < -0.3 is 14.2 Å². The number of hydrogen-bond donors (Lipinski definition) is 1. The van der Waals surface area contributed by atoms with Crippen LogP contribution in [0, 0.1) is 6.92 Å². The lowest BCUT2D eigenvalue weighted by atomic mass is 10.2. The molecule has 0 saturated heterocycles. The van der Waals surface area contributed by atoms with Gasteiger partial charge in [0.1, 0.15) is 10.4 Å². The van der Waals surface area contributed by atoms with Gasteiger partial charge in [0.15, 0.2) is 0 Å². The smallest absolute Gasteiger partial charge is 0.428 e. The van der Waals surface area contributed by atoms with E-state index in [1.54, 1.807) is 34.8 Å². The summed E-state index contributed by atoms with van der Waals surface area (Å²) in [7, 11) is 3.05. The zero-order valence-electron chi connectivity index (χ0n) is 18.1. The number of fused-ring (bicyclic) bond motifs is 1. The number of hydrogen-bond acceptors (Lipinski definition) is 8. The first kappa shape index (κ1) is 23.8. The van der Waals surface area contributed by atoms with Crippen molar-refractivity contribution >= 4 is 33.9 Å². The predicted octanol–water partition coefficient (Wildman–Crippen LogP) is 1.68. The average molecular weight is 441 g/mol. The molecule has 0 spiro atoms.